The van der Waals surface area contributed by atoms with Crippen LogP contribution in [0.15, 0.2) is 65.3 Å². The van der Waals surface area contributed by atoms with Gasteiger partial charge in [0.05, 0.1) is 32.3 Å². The molecule has 2 N–H and O–H groups in total. The fourth-order valence-electron chi connectivity index (χ4n) is 3.67. The Kier molecular flexibility index (Phi) is 7.46. The van der Waals surface area contributed by atoms with Gasteiger partial charge in [-0.1, -0.05) is 18.2 Å². The van der Waals surface area contributed by atoms with Crippen LogP contribution in [0.25, 0.3) is 0 Å². The van der Waals surface area contributed by atoms with Crippen molar-refractivity contribution in [3.63, 3.8) is 0 Å². The van der Waals surface area contributed by atoms with Gasteiger partial charge in [0.25, 0.3) is 0 Å². The highest BCUT2D eigenvalue weighted by atomic mass is 16.5. The van der Waals surface area contributed by atoms with E-state index in [2.05, 4.69) is 6.07 Å². The second kappa shape index (κ2) is 10.5. The Labute approximate surface area is 192 Å². The molecule has 0 bridgehead atoms. The minimum absolute atomic E-state index is 0.0457. The molecule has 8 nitrogen and oxygen atoms in total. The number of allylic oxidation sites excluding steroid dienone is 2. The molecule has 8 heteroatoms. The summed E-state index contributed by atoms with van der Waals surface area (Å²) in [6.07, 6.45) is 0. The maximum atomic E-state index is 12.8. The molecule has 1 atom stereocenters. The molecular weight excluding hydrogens is 424 g/mol. The molecular formula is C25H26N2O6. The number of carbonyl (C=O) groups is 1. The molecule has 0 radical (unpaired) electrons. The molecule has 1 heterocycles. The number of hydrogen-bond donors (Lipinski definition) is 1. The highest BCUT2D eigenvalue weighted by Gasteiger charge is 2.36. The number of para-hydroxylation sites is 2. The molecule has 0 aliphatic carbocycles. The normalized spacial score (nSPS) is 15.4. The lowest BCUT2D eigenvalue weighted by Gasteiger charge is -2.27. The Hall–Kier alpha value is -4.12. The summed E-state index contributed by atoms with van der Waals surface area (Å²) in [5.41, 5.74) is 7.71. The monoisotopic (exact) mass is 450 g/mol. The summed E-state index contributed by atoms with van der Waals surface area (Å²) in [7, 11) is 3.13. The van der Waals surface area contributed by atoms with Crippen LogP contribution >= 0.6 is 0 Å². The van der Waals surface area contributed by atoms with Crippen molar-refractivity contribution in [2.75, 3.05) is 20.8 Å². The summed E-state index contributed by atoms with van der Waals surface area (Å²) >= 11 is 0. The van der Waals surface area contributed by atoms with Gasteiger partial charge < -0.3 is 29.4 Å². The second-order valence-corrected chi connectivity index (χ2v) is 7.13. The van der Waals surface area contributed by atoms with Crippen LogP contribution in [0.3, 0.4) is 0 Å². The molecule has 1 aliphatic heterocycles. The Bertz CT molecular complexity index is 1150. The summed E-state index contributed by atoms with van der Waals surface area (Å²) in [6, 6.07) is 14.7. The van der Waals surface area contributed by atoms with Gasteiger partial charge in [-0.2, -0.15) is 5.26 Å². The summed E-state index contributed by atoms with van der Waals surface area (Å²) in [6.45, 7) is 3.68. The Morgan fingerprint density at radius 3 is 2.45 bits per heavy atom. The van der Waals surface area contributed by atoms with Gasteiger partial charge in [0.15, 0.2) is 11.5 Å². The second-order valence-electron chi connectivity index (χ2n) is 7.13. The summed E-state index contributed by atoms with van der Waals surface area (Å²) < 4.78 is 27.5. The van der Waals surface area contributed by atoms with E-state index in [1.54, 1.807) is 52.3 Å². The van der Waals surface area contributed by atoms with Crippen molar-refractivity contribution in [3.05, 3.63) is 76.4 Å². The van der Waals surface area contributed by atoms with Gasteiger partial charge >= 0.3 is 5.97 Å². The molecule has 0 saturated carbocycles. The zero-order valence-electron chi connectivity index (χ0n) is 19.0. The number of benzene rings is 2. The lowest BCUT2D eigenvalue weighted by atomic mass is 9.82. The first-order valence-electron chi connectivity index (χ1n) is 10.3. The Morgan fingerprint density at radius 2 is 1.82 bits per heavy atom. The van der Waals surface area contributed by atoms with E-state index in [-0.39, 0.29) is 36.0 Å². The molecule has 2 aromatic carbocycles. The Balaban J connectivity index is 2.04. The van der Waals surface area contributed by atoms with Crippen LogP contribution in [-0.4, -0.2) is 26.8 Å². The fraction of sp³-hybridized carbons (Fsp3) is 0.280. The first kappa shape index (κ1) is 23.5. The van der Waals surface area contributed by atoms with Crippen LogP contribution in [0, 0.1) is 11.3 Å². The zero-order chi connectivity index (χ0) is 24.0. The number of rotatable bonds is 8. The highest BCUT2D eigenvalue weighted by molar-refractivity contribution is 5.92. The van der Waals surface area contributed by atoms with Crippen LogP contribution in [-0.2, 0) is 20.9 Å². The molecule has 0 spiro atoms. The van der Waals surface area contributed by atoms with Gasteiger partial charge in [-0.3, -0.25) is 0 Å². The third kappa shape index (κ3) is 4.88. The van der Waals surface area contributed by atoms with E-state index in [0.717, 1.165) is 0 Å². The van der Waals surface area contributed by atoms with E-state index >= 15 is 0 Å². The maximum absolute atomic E-state index is 12.8. The minimum atomic E-state index is -0.751. The van der Waals surface area contributed by atoms with E-state index in [0.29, 0.717) is 28.4 Å². The van der Waals surface area contributed by atoms with Crippen LogP contribution < -0.4 is 19.9 Å². The number of nitrogens with zero attached hydrogens (tertiary/aromatic N) is 1. The van der Waals surface area contributed by atoms with Crippen LogP contribution in [0.5, 0.6) is 17.2 Å². The summed E-state index contributed by atoms with van der Waals surface area (Å²) in [5.74, 6) is 0.690. The number of hydrogen-bond acceptors (Lipinski definition) is 8. The van der Waals surface area contributed by atoms with Crippen molar-refractivity contribution in [3.8, 4) is 23.3 Å². The van der Waals surface area contributed by atoms with Crippen molar-refractivity contribution in [2.45, 2.75) is 26.4 Å². The van der Waals surface area contributed by atoms with Crippen molar-refractivity contribution in [2.24, 2.45) is 5.73 Å². The van der Waals surface area contributed by atoms with Crippen LogP contribution in [0.2, 0.25) is 0 Å². The van der Waals surface area contributed by atoms with Gasteiger partial charge in [-0.05, 0) is 43.7 Å². The number of esters is 1. The van der Waals surface area contributed by atoms with Gasteiger partial charge in [-0.15, -0.1) is 0 Å². The Morgan fingerprint density at radius 1 is 1.12 bits per heavy atom. The molecule has 0 saturated heterocycles. The van der Waals surface area contributed by atoms with E-state index in [1.165, 1.54) is 0 Å². The molecule has 0 fully saturated rings. The third-order valence-corrected chi connectivity index (χ3v) is 5.19. The van der Waals surface area contributed by atoms with E-state index in [1.807, 2.05) is 18.2 Å². The molecule has 0 amide bonds. The maximum Gasteiger partial charge on any atom is 0.338 e. The SMILES string of the molecule is CCOC(=O)C1=C(C)OC(N)=C(C#N)C1c1ccc(OC)c(COc2ccccc2OC)c1. The zero-order valence-corrected chi connectivity index (χ0v) is 19.0. The molecule has 172 valence electrons. The predicted molar refractivity (Wildman–Crippen MR) is 120 cm³/mol. The van der Waals surface area contributed by atoms with Crippen molar-refractivity contribution >= 4 is 5.97 Å². The number of carbonyl (C=O) groups excluding carboxylic acids is 1. The lowest BCUT2D eigenvalue weighted by Crippen LogP contribution is -2.25. The molecule has 2 aromatic rings. The minimum Gasteiger partial charge on any atom is -0.496 e. The summed E-state index contributed by atoms with van der Waals surface area (Å²) in [5, 5.41) is 9.78. The van der Waals surface area contributed by atoms with Crippen LogP contribution in [0.1, 0.15) is 30.9 Å². The fourth-order valence-corrected chi connectivity index (χ4v) is 3.67. The number of nitriles is 1. The topological polar surface area (TPSA) is 113 Å². The van der Waals surface area contributed by atoms with Gasteiger partial charge in [0, 0.05) is 5.56 Å². The molecule has 0 aromatic heterocycles. The summed E-state index contributed by atoms with van der Waals surface area (Å²) in [4.78, 5) is 12.8. The van der Waals surface area contributed by atoms with E-state index < -0.39 is 11.9 Å². The number of nitrogens with two attached hydrogens (primary N) is 1. The quantitative estimate of drug-likeness (QED) is 0.602. The molecule has 3 rings (SSSR count). The first-order valence-corrected chi connectivity index (χ1v) is 10.3. The molecule has 33 heavy (non-hydrogen) atoms. The van der Waals surface area contributed by atoms with Crippen molar-refractivity contribution < 1.29 is 28.5 Å². The first-order chi connectivity index (χ1) is 15.9. The van der Waals surface area contributed by atoms with Crippen molar-refractivity contribution in [1.29, 1.82) is 5.26 Å². The van der Waals surface area contributed by atoms with Gasteiger partial charge in [-0.25, -0.2) is 4.79 Å². The van der Waals surface area contributed by atoms with E-state index in [4.69, 9.17) is 29.4 Å². The average Bonchev–Trinajstić information content (AvgIpc) is 2.82. The third-order valence-electron chi connectivity index (χ3n) is 5.19. The van der Waals surface area contributed by atoms with Crippen molar-refractivity contribution in [1.82, 2.24) is 0 Å². The average molecular weight is 450 g/mol. The smallest absolute Gasteiger partial charge is 0.338 e. The standard InChI is InChI=1S/C25H26N2O6/c1-5-31-25(28)22-15(2)33-24(27)18(13-26)23(22)16-10-11-19(29-3)17(12-16)14-32-21-9-7-6-8-20(21)30-4/h6-12,23H,5,14,27H2,1-4H3. The van der Waals surface area contributed by atoms with Gasteiger partial charge in [0.2, 0.25) is 5.88 Å². The predicted octanol–water partition coefficient (Wildman–Crippen LogP) is 3.93. The molecule has 1 aliphatic rings. The van der Waals surface area contributed by atoms with E-state index in [9.17, 15) is 10.1 Å². The molecule has 1 unspecified atom stereocenters. The van der Waals surface area contributed by atoms with Crippen LogP contribution in [0.4, 0.5) is 0 Å². The number of ether oxygens (including phenoxy) is 5. The van der Waals surface area contributed by atoms with Gasteiger partial charge in [0.1, 0.15) is 29.8 Å². The number of methoxy groups -OCH3 is 2. The lowest BCUT2D eigenvalue weighted by molar-refractivity contribution is -0.139. The largest absolute Gasteiger partial charge is 0.496 e. The highest BCUT2D eigenvalue weighted by Crippen LogP contribution is 2.41.